The number of halogens is 1. The predicted molar refractivity (Wildman–Crippen MR) is 82.0 cm³/mol. The van der Waals surface area contributed by atoms with E-state index in [2.05, 4.69) is 12.2 Å². The van der Waals surface area contributed by atoms with Crippen LogP contribution in [0, 0.1) is 0 Å². The van der Waals surface area contributed by atoms with E-state index in [0.29, 0.717) is 18.2 Å². The fourth-order valence-corrected chi connectivity index (χ4v) is 3.89. The average Bonchev–Trinajstić information content (AvgIpc) is 2.65. The number of aliphatic hydroxyl groups excluding tert-OH is 1. The minimum atomic E-state index is -0.355. The molecule has 2 heterocycles. The number of carbonyl (C=O) groups excluding carboxylic acids is 1. The van der Waals surface area contributed by atoms with Crippen molar-refractivity contribution in [2.24, 2.45) is 0 Å². The van der Waals surface area contributed by atoms with Gasteiger partial charge in [-0.15, -0.1) is 12.4 Å². The highest BCUT2D eigenvalue weighted by atomic mass is 35.5. The summed E-state index contributed by atoms with van der Waals surface area (Å²) in [5.74, 6) is 1.31. The lowest BCUT2D eigenvalue weighted by molar-refractivity contribution is -0.133. The van der Waals surface area contributed by atoms with Crippen LogP contribution in [-0.4, -0.2) is 58.7 Å². The smallest absolute Gasteiger partial charge is 0.239 e. The summed E-state index contributed by atoms with van der Waals surface area (Å²) in [6, 6.07) is -0.162. The molecule has 2 N–H and O–H groups in total. The van der Waals surface area contributed by atoms with Crippen LogP contribution >= 0.6 is 24.2 Å². The number of thioether (sulfide) groups is 1. The fraction of sp³-hybridized carbons (Fsp3) is 0.923. The molecule has 0 spiro atoms. The lowest BCUT2D eigenvalue weighted by atomic mass is 10.1. The minimum absolute atomic E-state index is 0. The van der Waals surface area contributed by atoms with Gasteiger partial charge >= 0.3 is 0 Å². The van der Waals surface area contributed by atoms with Gasteiger partial charge in [-0.25, -0.2) is 0 Å². The first-order valence-electron chi connectivity index (χ1n) is 7.02. The first-order chi connectivity index (χ1) is 8.70. The lowest BCUT2D eigenvalue weighted by Gasteiger charge is -2.26. The zero-order valence-electron chi connectivity index (χ0n) is 11.5. The Bertz CT molecular complexity index is 294. The van der Waals surface area contributed by atoms with Crippen LogP contribution in [0.25, 0.3) is 0 Å². The normalized spacial score (nSPS) is 31.7. The topological polar surface area (TPSA) is 52.6 Å². The summed E-state index contributed by atoms with van der Waals surface area (Å²) in [7, 11) is 0. The van der Waals surface area contributed by atoms with Crippen molar-refractivity contribution in [3.8, 4) is 0 Å². The summed E-state index contributed by atoms with van der Waals surface area (Å²) in [6.07, 6.45) is 3.78. The molecule has 2 fully saturated rings. The Morgan fingerprint density at radius 3 is 2.89 bits per heavy atom. The van der Waals surface area contributed by atoms with Gasteiger partial charge in [0.1, 0.15) is 0 Å². The highest BCUT2D eigenvalue weighted by Crippen LogP contribution is 2.23. The number of nitrogens with one attached hydrogen (secondary N) is 1. The first-order valence-corrected chi connectivity index (χ1v) is 8.07. The van der Waals surface area contributed by atoms with E-state index < -0.39 is 0 Å². The second-order valence-corrected chi connectivity index (χ2v) is 6.79. The van der Waals surface area contributed by atoms with Crippen LogP contribution in [0.1, 0.15) is 32.6 Å². The van der Waals surface area contributed by atoms with E-state index in [4.69, 9.17) is 0 Å². The molecule has 2 aliphatic heterocycles. The molecule has 19 heavy (non-hydrogen) atoms. The number of β-amino-alcohol motifs (C(OH)–C–C–N with tert-alkyl or cyclic N) is 1. The van der Waals surface area contributed by atoms with Gasteiger partial charge in [0, 0.05) is 24.9 Å². The molecular formula is C13H25ClN2O2S. The largest absolute Gasteiger partial charge is 0.392 e. The van der Waals surface area contributed by atoms with Crippen LogP contribution in [-0.2, 0) is 4.79 Å². The molecule has 0 aromatic carbocycles. The van der Waals surface area contributed by atoms with Gasteiger partial charge in [-0.2, -0.15) is 11.8 Å². The summed E-state index contributed by atoms with van der Waals surface area (Å²) in [5.41, 5.74) is 0. The molecule has 3 unspecified atom stereocenters. The molecule has 0 radical (unpaired) electrons. The van der Waals surface area contributed by atoms with Crippen LogP contribution in [0.3, 0.4) is 0 Å². The van der Waals surface area contributed by atoms with E-state index in [1.807, 2.05) is 16.7 Å². The Labute approximate surface area is 126 Å². The molecule has 2 aliphatic rings. The predicted octanol–water partition coefficient (Wildman–Crippen LogP) is 1.27. The first kappa shape index (κ1) is 17.1. The van der Waals surface area contributed by atoms with E-state index >= 15 is 0 Å². The van der Waals surface area contributed by atoms with Crippen LogP contribution in [0.4, 0.5) is 0 Å². The Morgan fingerprint density at radius 2 is 2.26 bits per heavy atom. The number of rotatable bonds is 3. The van der Waals surface area contributed by atoms with Gasteiger partial charge in [0.15, 0.2) is 0 Å². The molecule has 3 atom stereocenters. The number of hydrogen-bond acceptors (Lipinski definition) is 4. The summed E-state index contributed by atoms with van der Waals surface area (Å²) in [6.45, 7) is 4.49. The number of nitrogens with zero attached hydrogens (tertiary/aromatic N) is 1. The van der Waals surface area contributed by atoms with E-state index in [-0.39, 0.29) is 30.5 Å². The maximum Gasteiger partial charge on any atom is 0.239 e. The van der Waals surface area contributed by atoms with E-state index in [0.717, 1.165) is 25.3 Å². The van der Waals surface area contributed by atoms with Crippen LogP contribution in [0.2, 0.25) is 0 Å². The lowest BCUT2D eigenvalue weighted by Crippen LogP contribution is -2.45. The van der Waals surface area contributed by atoms with Crippen molar-refractivity contribution >= 4 is 30.1 Å². The molecule has 1 amide bonds. The van der Waals surface area contributed by atoms with Gasteiger partial charge in [0.05, 0.1) is 12.1 Å². The van der Waals surface area contributed by atoms with Gasteiger partial charge in [0.25, 0.3) is 0 Å². The van der Waals surface area contributed by atoms with E-state index in [1.165, 1.54) is 12.8 Å². The third kappa shape index (κ3) is 4.81. The van der Waals surface area contributed by atoms with Crippen molar-refractivity contribution in [2.75, 3.05) is 25.4 Å². The Morgan fingerprint density at radius 1 is 1.47 bits per heavy atom. The SMILES string of the molecule is CCSC1CCCCN(C(=O)C2CC(O)CN2)C1.Cl. The summed E-state index contributed by atoms with van der Waals surface area (Å²) in [4.78, 5) is 14.4. The van der Waals surface area contributed by atoms with Crippen molar-refractivity contribution in [1.29, 1.82) is 0 Å². The zero-order chi connectivity index (χ0) is 13.0. The number of likely N-dealkylation sites (tertiary alicyclic amines) is 1. The van der Waals surface area contributed by atoms with Gasteiger partial charge in [-0.3, -0.25) is 4.79 Å². The molecule has 2 rings (SSSR count). The maximum atomic E-state index is 12.4. The molecular weight excluding hydrogens is 284 g/mol. The van der Waals surface area contributed by atoms with Crippen molar-refractivity contribution in [3.63, 3.8) is 0 Å². The van der Waals surface area contributed by atoms with E-state index in [1.54, 1.807) is 0 Å². The molecule has 0 bridgehead atoms. The molecule has 0 aromatic rings. The molecule has 112 valence electrons. The molecule has 0 saturated carbocycles. The quantitative estimate of drug-likeness (QED) is 0.824. The zero-order valence-corrected chi connectivity index (χ0v) is 13.1. The summed E-state index contributed by atoms with van der Waals surface area (Å²) < 4.78 is 0. The van der Waals surface area contributed by atoms with Gasteiger partial charge in [-0.05, 0) is 25.0 Å². The fourth-order valence-electron chi connectivity index (χ4n) is 2.80. The van der Waals surface area contributed by atoms with Gasteiger partial charge in [0.2, 0.25) is 5.91 Å². The Hall–Kier alpha value is 0.0300. The van der Waals surface area contributed by atoms with Crippen molar-refractivity contribution < 1.29 is 9.90 Å². The minimum Gasteiger partial charge on any atom is -0.392 e. The van der Waals surface area contributed by atoms with Gasteiger partial charge < -0.3 is 15.3 Å². The monoisotopic (exact) mass is 308 g/mol. The molecule has 4 nitrogen and oxygen atoms in total. The van der Waals surface area contributed by atoms with Crippen molar-refractivity contribution in [3.05, 3.63) is 0 Å². The van der Waals surface area contributed by atoms with Crippen LogP contribution in [0.15, 0.2) is 0 Å². The second kappa shape index (κ2) is 8.35. The highest BCUT2D eigenvalue weighted by molar-refractivity contribution is 7.99. The van der Waals surface area contributed by atoms with Crippen molar-refractivity contribution in [1.82, 2.24) is 10.2 Å². The average molecular weight is 309 g/mol. The second-order valence-electron chi connectivity index (χ2n) is 5.21. The number of aliphatic hydroxyl groups is 1. The number of carbonyl (C=O) groups is 1. The standard InChI is InChI=1S/C13H24N2O2S.ClH/c1-2-18-11-5-3-4-6-15(9-11)13(17)12-7-10(16)8-14-12;/h10-12,14,16H,2-9H2,1H3;1H. The Kier molecular flexibility index (Phi) is 7.50. The van der Waals surface area contributed by atoms with Crippen LogP contribution < -0.4 is 5.32 Å². The van der Waals surface area contributed by atoms with Crippen LogP contribution in [0.5, 0.6) is 0 Å². The highest BCUT2D eigenvalue weighted by Gasteiger charge is 2.32. The van der Waals surface area contributed by atoms with Crippen molar-refractivity contribution in [2.45, 2.75) is 50.0 Å². The number of hydrogen-bond donors (Lipinski definition) is 2. The Balaban J connectivity index is 0.00000180. The summed E-state index contributed by atoms with van der Waals surface area (Å²) >= 11 is 1.97. The maximum absolute atomic E-state index is 12.4. The molecule has 0 aliphatic carbocycles. The molecule has 0 aromatic heterocycles. The van der Waals surface area contributed by atoms with E-state index in [9.17, 15) is 9.90 Å². The van der Waals surface area contributed by atoms with Gasteiger partial charge in [-0.1, -0.05) is 13.3 Å². The molecule has 6 heteroatoms. The third-order valence-electron chi connectivity index (χ3n) is 3.75. The third-order valence-corrected chi connectivity index (χ3v) is 4.94. The number of amides is 1. The molecule has 2 saturated heterocycles. The summed E-state index contributed by atoms with van der Waals surface area (Å²) in [5, 5.41) is 13.2.